The van der Waals surface area contributed by atoms with Gasteiger partial charge < -0.3 is 0 Å². The third-order valence-corrected chi connectivity index (χ3v) is 3.30. The van der Waals surface area contributed by atoms with E-state index in [9.17, 15) is 0 Å². The van der Waals surface area contributed by atoms with E-state index >= 15 is 0 Å². The topological polar surface area (TPSA) is 7.12 Å². The molecule has 19 heavy (non-hydrogen) atoms. The maximum atomic E-state index is 2.40. The van der Waals surface area contributed by atoms with Crippen LogP contribution in [0.2, 0.25) is 0 Å². The molecule has 0 saturated carbocycles. The van der Waals surface area contributed by atoms with Crippen LogP contribution < -0.4 is 9.47 Å². The van der Waals surface area contributed by atoms with Crippen LogP contribution in [0.25, 0.3) is 0 Å². The van der Waals surface area contributed by atoms with Gasteiger partial charge in [-0.1, -0.05) is 25.1 Å². The predicted octanol–water partition coefficient (Wildman–Crippen LogP) is 3.85. The van der Waals surface area contributed by atoms with Gasteiger partial charge in [-0.15, -0.1) is 0 Å². The van der Waals surface area contributed by atoms with Crippen LogP contribution in [0.5, 0.6) is 0 Å². The molecule has 1 heterocycles. The average Bonchev–Trinajstić information content (AvgIpc) is 2.45. The van der Waals surface area contributed by atoms with E-state index in [-0.39, 0.29) is 0 Å². The fourth-order valence-electron chi connectivity index (χ4n) is 2.33. The largest absolute Gasteiger partial charge is 0.281 e. The zero-order valence-electron chi connectivity index (χ0n) is 12.1. The van der Waals surface area contributed by atoms with Crippen molar-refractivity contribution in [1.82, 2.24) is 0 Å². The highest BCUT2D eigenvalue weighted by Crippen LogP contribution is 2.23. The predicted molar refractivity (Wildman–Crippen MR) is 80.8 cm³/mol. The van der Waals surface area contributed by atoms with Crippen LogP contribution in [0.1, 0.15) is 25.8 Å². The summed E-state index contributed by atoms with van der Waals surface area (Å²) < 4.78 is 2.30. The van der Waals surface area contributed by atoms with Crippen molar-refractivity contribution in [3.8, 4) is 0 Å². The van der Waals surface area contributed by atoms with Crippen molar-refractivity contribution in [2.75, 3.05) is 11.4 Å². The van der Waals surface area contributed by atoms with Gasteiger partial charge in [0.15, 0.2) is 0 Å². The Morgan fingerprint density at radius 3 is 2.42 bits per heavy atom. The highest BCUT2D eigenvalue weighted by Gasteiger charge is 2.20. The molecule has 0 aliphatic heterocycles. The van der Waals surface area contributed by atoms with Crippen molar-refractivity contribution in [3.63, 3.8) is 0 Å². The van der Waals surface area contributed by atoms with Gasteiger partial charge in [-0.3, -0.25) is 0 Å². The Balaban J connectivity index is 2.47. The molecule has 1 aromatic carbocycles. The second-order valence-electron chi connectivity index (χ2n) is 4.84. The van der Waals surface area contributed by atoms with E-state index in [2.05, 4.69) is 78.9 Å². The SMILES string of the molecule is CCCN(c1ccccc1)c1cc(C)cc[n+]1CC. The Labute approximate surface area is 116 Å². The molecule has 2 aromatic rings. The Kier molecular flexibility index (Phi) is 4.56. The van der Waals surface area contributed by atoms with Gasteiger partial charge in [-0.05, 0) is 44.0 Å². The molecule has 0 amide bonds. The average molecular weight is 255 g/mol. The minimum Gasteiger partial charge on any atom is -0.234 e. The first kappa shape index (κ1) is 13.6. The Bertz CT molecular complexity index is 520. The smallest absolute Gasteiger partial charge is 0.234 e. The normalized spacial score (nSPS) is 10.5. The van der Waals surface area contributed by atoms with Crippen LogP contribution in [0.3, 0.4) is 0 Å². The molecular weight excluding hydrogens is 232 g/mol. The van der Waals surface area contributed by atoms with Crippen molar-refractivity contribution >= 4 is 11.5 Å². The second-order valence-corrected chi connectivity index (χ2v) is 4.84. The maximum Gasteiger partial charge on any atom is 0.281 e. The second kappa shape index (κ2) is 6.37. The van der Waals surface area contributed by atoms with E-state index in [1.807, 2.05) is 0 Å². The first-order valence-corrected chi connectivity index (χ1v) is 7.09. The Morgan fingerprint density at radius 1 is 1.05 bits per heavy atom. The molecule has 0 fully saturated rings. The van der Waals surface area contributed by atoms with Gasteiger partial charge >= 0.3 is 0 Å². The van der Waals surface area contributed by atoms with E-state index in [1.165, 1.54) is 17.1 Å². The Hall–Kier alpha value is -1.83. The first-order valence-electron chi connectivity index (χ1n) is 7.09. The monoisotopic (exact) mass is 255 g/mol. The molecule has 0 aliphatic carbocycles. The van der Waals surface area contributed by atoms with Crippen molar-refractivity contribution in [2.24, 2.45) is 0 Å². The summed E-state index contributed by atoms with van der Waals surface area (Å²) in [6.07, 6.45) is 3.31. The van der Waals surface area contributed by atoms with Crippen LogP contribution in [-0.4, -0.2) is 6.54 Å². The van der Waals surface area contributed by atoms with Crippen molar-refractivity contribution in [2.45, 2.75) is 33.7 Å². The standard InChI is InChI=1S/C17H23N2/c1-4-12-19(16-9-7-6-8-10-16)17-14-15(3)11-13-18(17)5-2/h6-11,13-14H,4-5,12H2,1-3H3/q+1. The van der Waals surface area contributed by atoms with E-state index < -0.39 is 0 Å². The molecular formula is C17H23N2+. The molecule has 1 aromatic heterocycles. The highest BCUT2D eigenvalue weighted by atomic mass is 15.2. The fourth-order valence-corrected chi connectivity index (χ4v) is 2.33. The molecule has 0 aliphatic rings. The molecule has 2 heteroatoms. The quantitative estimate of drug-likeness (QED) is 0.736. The summed E-state index contributed by atoms with van der Waals surface area (Å²) in [6, 6.07) is 15.1. The number of nitrogens with zero attached hydrogens (tertiary/aromatic N) is 2. The number of anilines is 2. The molecule has 2 nitrogen and oxygen atoms in total. The number of benzene rings is 1. The van der Waals surface area contributed by atoms with Crippen LogP contribution >= 0.6 is 0 Å². The third-order valence-electron chi connectivity index (χ3n) is 3.30. The van der Waals surface area contributed by atoms with Gasteiger partial charge in [0.2, 0.25) is 0 Å². The summed E-state index contributed by atoms with van der Waals surface area (Å²) in [5.41, 5.74) is 2.56. The van der Waals surface area contributed by atoms with E-state index in [0.717, 1.165) is 19.5 Å². The summed E-state index contributed by atoms with van der Waals surface area (Å²) in [7, 11) is 0. The minimum absolute atomic E-state index is 0.989. The summed E-state index contributed by atoms with van der Waals surface area (Å²) in [5.74, 6) is 1.27. The van der Waals surface area contributed by atoms with Crippen molar-refractivity contribution < 1.29 is 4.57 Å². The lowest BCUT2D eigenvalue weighted by Crippen LogP contribution is -2.40. The molecule has 100 valence electrons. The van der Waals surface area contributed by atoms with Crippen molar-refractivity contribution in [1.29, 1.82) is 0 Å². The van der Waals surface area contributed by atoms with E-state index in [0.29, 0.717) is 0 Å². The Morgan fingerprint density at radius 2 is 1.79 bits per heavy atom. The van der Waals surface area contributed by atoms with E-state index in [4.69, 9.17) is 0 Å². The highest BCUT2D eigenvalue weighted by molar-refractivity contribution is 5.58. The van der Waals surface area contributed by atoms with Gasteiger partial charge in [-0.2, -0.15) is 0 Å². The van der Waals surface area contributed by atoms with Crippen LogP contribution in [0.15, 0.2) is 48.7 Å². The van der Waals surface area contributed by atoms with Gasteiger partial charge in [0, 0.05) is 6.07 Å². The lowest BCUT2D eigenvalue weighted by Gasteiger charge is -2.19. The van der Waals surface area contributed by atoms with Gasteiger partial charge in [0.1, 0.15) is 5.69 Å². The number of para-hydroxylation sites is 1. The summed E-state index contributed by atoms with van der Waals surface area (Å²) in [4.78, 5) is 2.40. The number of aryl methyl sites for hydroxylation is 2. The molecule has 2 rings (SSSR count). The lowest BCUT2D eigenvalue weighted by atomic mass is 10.2. The van der Waals surface area contributed by atoms with Crippen molar-refractivity contribution in [3.05, 3.63) is 54.2 Å². The number of rotatable bonds is 5. The molecule has 0 atom stereocenters. The molecule has 0 spiro atoms. The van der Waals surface area contributed by atoms with Crippen LogP contribution in [-0.2, 0) is 6.54 Å². The van der Waals surface area contributed by atoms with Crippen LogP contribution in [0.4, 0.5) is 11.5 Å². The fraction of sp³-hybridized carbons (Fsp3) is 0.353. The van der Waals surface area contributed by atoms with Gasteiger partial charge in [0.25, 0.3) is 5.82 Å². The molecule has 0 saturated heterocycles. The number of aromatic nitrogens is 1. The zero-order chi connectivity index (χ0) is 13.7. The molecule has 0 unspecified atom stereocenters. The first-order chi connectivity index (χ1) is 9.26. The van der Waals surface area contributed by atoms with Crippen LogP contribution in [0, 0.1) is 6.92 Å². The number of hydrogen-bond donors (Lipinski definition) is 0. The summed E-state index contributed by atoms with van der Waals surface area (Å²) in [6.45, 7) is 8.59. The number of hydrogen-bond acceptors (Lipinski definition) is 1. The maximum absolute atomic E-state index is 2.40. The summed E-state index contributed by atoms with van der Waals surface area (Å²) >= 11 is 0. The molecule has 0 bridgehead atoms. The van der Waals surface area contributed by atoms with E-state index in [1.54, 1.807) is 0 Å². The third kappa shape index (κ3) is 3.14. The number of pyridine rings is 1. The van der Waals surface area contributed by atoms with Gasteiger partial charge in [-0.25, -0.2) is 9.47 Å². The summed E-state index contributed by atoms with van der Waals surface area (Å²) in [5, 5.41) is 0. The lowest BCUT2D eigenvalue weighted by molar-refractivity contribution is -0.681. The minimum atomic E-state index is 0.989. The zero-order valence-corrected chi connectivity index (χ0v) is 12.1. The molecule has 0 radical (unpaired) electrons. The molecule has 0 N–H and O–H groups in total. The van der Waals surface area contributed by atoms with Gasteiger partial charge in [0.05, 0.1) is 19.3 Å².